The van der Waals surface area contributed by atoms with E-state index in [9.17, 15) is 0 Å². The average molecular weight is 191 g/mol. The molecule has 0 aliphatic heterocycles. The Labute approximate surface area is 80.3 Å². The lowest BCUT2D eigenvalue weighted by atomic mass is 10.3. The van der Waals surface area contributed by atoms with Crippen molar-refractivity contribution in [2.75, 3.05) is 6.61 Å². The number of nitrogens with one attached hydrogen (secondary N) is 1. The second-order valence-electron chi connectivity index (χ2n) is 2.55. The summed E-state index contributed by atoms with van der Waals surface area (Å²) in [5, 5.41) is 13.4. The highest BCUT2D eigenvalue weighted by atomic mass is 16.5. The Hall–Kier alpha value is -1.98. The summed E-state index contributed by atoms with van der Waals surface area (Å²) < 4.78 is 5.25. The Kier molecular flexibility index (Phi) is 2.35. The third-order valence-electron chi connectivity index (χ3n) is 1.62. The zero-order chi connectivity index (χ0) is 9.80. The molecule has 0 radical (unpaired) electrons. The van der Waals surface area contributed by atoms with E-state index in [0.29, 0.717) is 18.1 Å². The largest absolute Gasteiger partial charge is 0.492 e. The van der Waals surface area contributed by atoms with E-state index in [1.165, 1.54) is 0 Å². The van der Waals surface area contributed by atoms with Crippen LogP contribution < -0.4 is 4.74 Å². The Balaban J connectivity index is 2.22. The highest BCUT2D eigenvalue weighted by molar-refractivity contribution is 5.48. The molecule has 6 heteroatoms. The van der Waals surface area contributed by atoms with Gasteiger partial charge in [-0.15, -0.1) is 10.2 Å². The monoisotopic (exact) mass is 191 g/mol. The molecule has 2 rings (SSSR count). The molecule has 1 N–H and O–H groups in total. The average Bonchev–Trinajstić information content (AvgIpc) is 2.72. The van der Waals surface area contributed by atoms with Crippen molar-refractivity contribution in [3.63, 3.8) is 0 Å². The van der Waals surface area contributed by atoms with Gasteiger partial charge in [0.15, 0.2) is 0 Å². The molecule has 0 aliphatic rings. The van der Waals surface area contributed by atoms with Gasteiger partial charge in [-0.25, -0.2) is 4.98 Å². The number of H-pyrrole nitrogens is 1. The number of ether oxygens (including phenoxy) is 1. The normalized spacial score (nSPS) is 10.1. The minimum absolute atomic E-state index is 0.480. The SMILES string of the molecule is CCOc1ccc(-c2nn[nH]n2)nc1. The fourth-order valence-corrected chi connectivity index (χ4v) is 1.03. The van der Waals surface area contributed by atoms with Crippen LogP contribution in [0.25, 0.3) is 11.5 Å². The lowest BCUT2D eigenvalue weighted by Crippen LogP contribution is -1.93. The van der Waals surface area contributed by atoms with Crippen molar-refractivity contribution in [2.45, 2.75) is 6.92 Å². The van der Waals surface area contributed by atoms with Crippen LogP contribution in [0.3, 0.4) is 0 Å². The predicted octanol–water partition coefficient (Wildman–Crippen LogP) is 0.660. The number of hydrogen-bond donors (Lipinski definition) is 1. The predicted molar refractivity (Wildman–Crippen MR) is 48.6 cm³/mol. The molecule has 0 spiro atoms. The first kappa shape index (κ1) is 8.61. The second-order valence-corrected chi connectivity index (χ2v) is 2.55. The molecule has 0 saturated carbocycles. The number of pyridine rings is 1. The van der Waals surface area contributed by atoms with Gasteiger partial charge in [0.25, 0.3) is 0 Å². The first-order valence-electron chi connectivity index (χ1n) is 4.23. The number of aromatic nitrogens is 5. The Bertz CT molecular complexity index is 383. The van der Waals surface area contributed by atoms with Gasteiger partial charge in [-0.1, -0.05) is 0 Å². The van der Waals surface area contributed by atoms with Gasteiger partial charge in [0, 0.05) is 0 Å². The maximum atomic E-state index is 5.25. The van der Waals surface area contributed by atoms with Gasteiger partial charge in [0.2, 0.25) is 5.82 Å². The van der Waals surface area contributed by atoms with Gasteiger partial charge in [0.05, 0.1) is 12.8 Å². The van der Waals surface area contributed by atoms with Gasteiger partial charge in [-0.2, -0.15) is 5.21 Å². The van der Waals surface area contributed by atoms with Crippen molar-refractivity contribution in [3.05, 3.63) is 18.3 Å². The number of nitrogens with zero attached hydrogens (tertiary/aromatic N) is 4. The van der Waals surface area contributed by atoms with E-state index < -0.39 is 0 Å². The van der Waals surface area contributed by atoms with Gasteiger partial charge in [0.1, 0.15) is 11.4 Å². The molecule has 2 heterocycles. The Morgan fingerprint density at radius 2 is 2.36 bits per heavy atom. The summed E-state index contributed by atoms with van der Waals surface area (Å²) in [6.07, 6.45) is 1.63. The fraction of sp³-hybridized carbons (Fsp3) is 0.250. The summed E-state index contributed by atoms with van der Waals surface area (Å²) in [5.74, 6) is 1.22. The number of aromatic amines is 1. The molecule has 2 aromatic heterocycles. The van der Waals surface area contributed by atoms with E-state index in [1.54, 1.807) is 12.3 Å². The van der Waals surface area contributed by atoms with E-state index in [1.807, 2.05) is 13.0 Å². The van der Waals surface area contributed by atoms with Crippen LogP contribution in [0.5, 0.6) is 5.75 Å². The molecular weight excluding hydrogens is 182 g/mol. The quantitative estimate of drug-likeness (QED) is 0.771. The highest BCUT2D eigenvalue weighted by Gasteiger charge is 2.03. The molecule has 0 aromatic carbocycles. The van der Waals surface area contributed by atoms with E-state index in [4.69, 9.17) is 4.74 Å². The van der Waals surface area contributed by atoms with Crippen molar-refractivity contribution in [1.82, 2.24) is 25.6 Å². The summed E-state index contributed by atoms with van der Waals surface area (Å²) >= 11 is 0. The zero-order valence-electron chi connectivity index (χ0n) is 7.64. The van der Waals surface area contributed by atoms with Crippen LogP contribution in [0.15, 0.2) is 18.3 Å². The molecule has 0 fully saturated rings. The lowest BCUT2D eigenvalue weighted by molar-refractivity contribution is 0.339. The van der Waals surface area contributed by atoms with E-state index in [-0.39, 0.29) is 0 Å². The molecule has 0 atom stereocenters. The van der Waals surface area contributed by atoms with Crippen LogP contribution in [-0.4, -0.2) is 32.2 Å². The molecule has 14 heavy (non-hydrogen) atoms. The minimum Gasteiger partial charge on any atom is -0.492 e. The van der Waals surface area contributed by atoms with Crippen molar-refractivity contribution < 1.29 is 4.74 Å². The maximum absolute atomic E-state index is 5.25. The maximum Gasteiger partial charge on any atom is 0.222 e. The van der Waals surface area contributed by atoms with Crippen molar-refractivity contribution >= 4 is 0 Å². The van der Waals surface area contributed by atoms with Crippen LogP contribution in [0.1, 0.15) is 6.92 Å². The van der Waals surface area contributed by atoms with E-state index >= 15 is 0 Å². The molecule has 0 aliphatic carbocycles. The molecule has 2 aromatic rings. The van der Waals surface area contributed by atoms with Crippen molar-refractivity contribution in [1.29, 1.82) is 0 Å². The van der Waals surface area contributed by atoms with Gasteiger partial charge in [-0.05, 0) is 24.3 Å². The van der Waals surface area contributed by atoms with E-state index in [2.05, 4.69) is 25.6 Å². The molecule has 0 unspecified atom stereocenters. The van der Waals surface area contributed by atoms with Crippen LogP contribution in [0.4, 0.5) is 0 Å². The van der Waals surface area contributed by atoms with E-state index in [0.717, 1.165) is 5.75 Å². The smallest absolute Gasteiger partial charge is 0.222 e. The summed E-state index contributed by atoms with van der Waals surface area (Å²) in [7, 11) is 0. The topological polar surface area (TPSA) is 76.6 Å². The molecular formula is C8H9N5O. The highest BCUT2D eigenvalue weighted by Crippen LogP contribution is 2.14. The molecule has 6 nitrogen and oxygen atoms in total. The van der Waals surface area contributed by atoms with Crippen LogP contribution in [0, 0.1) is 0 Å². The van der Waals surface area contributed by atoms with Crippen LogP contribution >= 0.6 is 0 Å². The third kappa shape index (κ3) is 1.68. The van der Waals surface area contributed by atoms with Gasteiger partial charge >= 0.3 is 0 Å². The molecule has 0 bridgehead atoms. The Morgan fingerprint density at radius 3 is 2.93 bits per heavy atom. The first-order chi connectivity index (χ1) is 6.90. The fourth-order valence-electron chi connectivity index (χ4n) is 1.03. The third-order valence-corrected chi connectivity index (χ3v) is 1.62. The molecule has 72 valence electrons. The summed E-state index contributed by atoms with van der Waals surface area (Å²) in [6.45, 7) is 2.55. The summed E-state index contributed by atoms with van der Waals surface area (Å²) in [4.78, 5) is 4.13. The second kappa shape index (κ2) is 3.82. The molecule has 0 amide bonds. The first-order valence-corrected chi connectivity index (χ1v) is 4.23. The number of rotatable bonds is 3. The van der Waals surface area contributed by atoms with Crippen molar-refractivity contribution in [3.8, 4) is 17.3 Å². The van der Waals surface area contributed by atoms with Gasteiger partial charge < -0.3 is 4.74 Å². The summed E-state index contributed by atoms with van der Waals surface area (Å²) in [5.41, 5.74) is 0.669. The summed E-state index contributed by atoms with van der Waals surface area (Å²) in [6, 6.07) is 3.61. The Morgan fingerprint density at radius 1 is 1.43 bits per heavy atom. The lowest BCUT2D eigenvalue weighted by Gasteiger charge is -2.01. The van der Waals surface area contributed by atoms with Crippen LogP contribution in [-0.2, 0) is 0 Å². The minimum atomic E-state index is 0.480. The molecule has 0 saturated heterocycles. The van der Waals surface area contributed by atoms with Crippen molar-refractivity contribution in [2.24, 2.45) is 0 Å². The number of tetrazole rings is 1. The standard InChI is InChI=1S/C8H9N5O/c1-2-14-6-3-4-7(9-5-6)8-10-12-13-11-8/h3-5H,2H2,1H3,(H,10,11,12,13). The zero-order valence-corrected chi connectivity index (χ0v) is 7.64. The van der Waals surface area contributed by atoms with Gasteiger partial charge in [-0.3, -0.25) is 0 Å². The number of hydrogen-bond acceptors (Lipinski definition) is 5. The van der Waals surface area contributed by atoms with Crippen LogP contribution in [0.2, 0.25) is 0 Å².